The summed E-state index contributed by atoms with van der Waals surface area (Å²) in [5, 5.41) is 8.85. The minimum Gasteiger partial charge on any atom is -0.481 e. The largest absolute Gasteiger partial charge is 0.481 e. The Bertz CT molecular complexity index is 406. The van der Waals surface area contributed by atoms with Crippen molar-refractivity contribution in [2.75, 3.05) is 13.1 Å². The highest BCUT2D eigenvalue weighted by Crippen LogP contribution is 2.04. The lowest BCUT2D eigenvalue weighted by Crippen LogP contribution is -2.37. The van der Waals surface area contributed by atoms with Gasteiger partial charge in [0.1, 0.15) is 0 Å². The normalized spacial score (nSPS) is 11.9. The summed E-state index contributed by atoms with van der Waals surface area (Å²) in [6, 6.07) is 5.40. The van der Waals surface area contributed by atoms with E-state index < -0.39 is 11.9 Å². The van der Waals surface area contributed by atoms with Crippen LogP contribution in [0.25, 0.3) is 0 Å². The van der Waals surface area contributed by atoms with Gasteiger partial charge in [-0.1, -0.05) is 13.0 Å². The number of amides is 1. The van der Waals surface area contributed by atoms with E-state index >= 15 is 0 Å². The van der Waals surface area contributed by atoms with Crippen LogP contribution in [0.3, 0.4) is 0 Å². The lowest BCUT2D eigenvalue weighted by molar-refractivity contribution is -0.142. The quantitative estimate of drug-likeness (QED) is 0.823. The molecule has 1 aromatic heterocycles. The molecule has 1 rings (SSSR count). The maximum atomic E-state index is 12.0. The number of likely N-dealkylation sites (N-methyl/N-ethyl adjacent to an activating group) is 1. The molecule has 0 aliphatic carbocycles. The number of nitrogens with zero attached hydrogens (tertiary/aromatic N) is 2. The number of carbonyl (C=O) groups excluding carboxylic acids is 1. The zero-order chi connectivity index (χ0) is 13.5. The molecule has 5 nitrogen and oxygen atoms in total. The summed E-state index contributed by atoms with van der Waals surface area (Å²) in [6.45, 7) is 4.17. The van der Waals surface area contributed by atoms with Crippen LogP contribution >= 0.6 is 0 Å². The first-order valence-corrected chi connectivity index (χ1v) is 5.95. The van der Waals surface area contributed by atoms with E-state index in [9.17, 15) is 9.59 Å². The molecule has 1 N–H and O–H groups in total. The Morgan fingerprint density at radius 1 is 1.44 bits per heavy atom. The highest BCUT2D eigenvalue weighted by molar-refractivity contribution is 5.79. The van der Waals surface area contributed by atoms with Crippen LogP contribution in [0, 0.1) is 5.92 Å². The van der Waals surface area contributed by atoms with Gasteiger partial charge in [-0.2, -0.15) is 0 Å². The summed E-state index contributed by atoms with van der Waals surface area (Å²) < 4.78 is 0. The lowest BCUT2D eigenvalue weighted by atomic mass is 10.1. The highest BCUT2D eigenvalue weighted by Gasteiger charge is 2.19. The van der Waals surface area contributed by atoms with Crippen molar-refractivity contribution in [3.05, 3.63) is 30.1 Å². The van der Waals surface area contributed by atoms with Crippen LogP contribution in [-0.4, -0.2) is 40.0 Å². The topological polar surface area (TPSA) is 70.5 Å². The smallest absolute Gasteiger partial charge is 0.308 e. The van der Waals surface area contributed by atoms with Crippen LogP contribution in [0.5, 0.6) is 0 Å². The van der Waals surface area contributed by atoms with Crippen molar-refractivity contribution in [2.45, 2.75) is 20.3 Å². The molecule has 0 aromatic carbocycles. The molecule has 1 atom stereocenters. The average molecular weight is 250 g/mol. The SMILES string of the molecule is CCN(CC(C)C(=O)O)C(=O)Cc1ccccn1. The number of hydrogen-bond acceptors (Lipinski definition) is 3. The van der Waals surface area contributed by atoms with Crippen LogP contribution in [0.2, 0.25) is 0 Å². The van der Waals surface area contributed by atoms with Gasteiger partial charge in [-0.25, -0.2) is 0 Å². The standard InChI is InChI=1S/C13H18N2O3/c1-3-15(9-10(2)13(17)18)12(16)8-11-6-4-5-7-14-11/h4-7,10H,3,8-9H2,1-2H3,(H,17,18). The van der Waals surface area contributed by atoms with E-state index in [1.165, 1.54) is 0 Å². The Balaban J connectivity index is 2.60. The zero-order valence-electron chi connectivity index (χ0n) is 10.7. The van der Waals surface area contributed by atoms with Gasteiger partial charge in [0, 0.05) is 25.0 Å². The monoisotopic (exact) mass is 250 g/mol. The van der Waals surface area contributed by atoms with Crippen LogP contribution in [-0.2, 0) is 16.0 Å². The third-order valence-corrected chi connectivity index (χ3v) is 2.71. The molecule has 0 aliphatic rings. The summed E-state index contributed by atoms with van der Waals surface area (Å²) in [7, 11) is 0. The van der Waals surface area contributed by atoms with Gasteiger partial charge in [-0.05, 0) is 19.1 Å². The molecule has 18 heavy (non-hydrogen) atoms. The predicted molar refractivity (Wildman–Crippen MR) is 67.0 cm³/mol. The minimum absolute atomic E-state index is 0.0932. The van der Waals surface area contributed by atoms with Crippen molar-refractivity contribution in [1.29, 1.82) is 0 Å². The molecule has 1 amide bonds. The van der Waals surface area contributed by atoms with Crippen molar-refractivity contribution in [3.8, 4) is 0 Å². The molecular formula is C13H18N2O3. The number of rotatable bonds is 6. The number of hydrogen-bond donors (Lipinski definition) is 1. The Hall–Kier alpha value is -1.91. The van der Waals surface area contributed by atoms with Gasteiger partial charge < -0.3 is 10.0 Å². The Kier molecular flexibility index (Phi) is 5.30. The van der Waals surface area contributed by atoms with Crippen LogP contribution in [0.1, 0.15) is 19.5 Å². The summed E-state index contributed by atoms with van der Waals surface area (Å²) in [6.07, 6.45) is 1.85. The van der Waals surface area contributed by atoms with Crippen LogP contribution < -0.4 is 0 Å². The molecule has 0 radical (unpaired) electrons. The van der Waals surface area contributed by atoms with E-state index in [0.29, 0.717) is 12.2 Å². The Labute approximate surface area is 106 Å². The van der Waals surface area contributed by atoms with Gasteiger partial charge in [-0.3, -0.25) is 14.6 Å². The minimum atomic E-state index is -0.890. The van der Waals surface area contributed by atoms with Crippen molar-refractivity contribution in [3.63, 3.8) is 0 Å². The zero-order valence-corrected chi connectivity index (χ0v) is 10.7. The van der Waals surface area contributed by atoms with Gasteiger partial charge >= 0.3 is 5.97 Å². The fourth-order valence-corrected chi connectivity index (χ4v) is 1.59. The van der Waals surface area contributed by atoms with E-state index in [-0.39, 0.29) is 18.9 Å². The number of aliphatic carboxylic acids is 1. The fourth-order valence-electron chi connectivity index (χ4n) is 1.59. The Morgan fingerprint density at radius 3 is 2.67 bits per heavy atom. The first kappa shape index (κ1) is 14.2. The maximum Gasteiger partial charge on any atom is 0.308 e. The molecule has 1 unspecified atom stereocenters. The van der Waals surface area contributed by atoms with Crippen molar-refractivity contribution >= 4 is 11.9 Å². The molecule has 1 aromatic rings. The van der Waals surface area contributed by atoms with Gasteiger partial charge in [0.05, 0.1) is 12.3 Å². The van der Waals surface area contributed by atoms with Crippen LogP contribution in [0.15, 0.2) is 24.4 Å². The average Bonchev–Trinajstić information content (AvgIpc) is 2.36. The van der Waals surface area contributed by atoms with E-state index in [0.717, 1.165) is 0 Å². The molecule has 98 valence electrons. The second-order valence-electron chi connectivity index (χ2n) is 4.17. The number of pyridine rings is 1. The molecule has 0 saturated heterocycles. The summed E-state index contributed by atoms with van der Waals surface area (Å²) >= 11 is 0. The number of carboxylic acids is 1. The van der Waals surface area contributed by atoms with Crippen molar-refractivity contribution in [1.82, 2.24) is 9.88 Å². The summed E-state index contributed by atoms with van der Waals surface area (Å²) in [4.78, 5) is 28.4. The Morgan fingerprint density at radius 2 is 2.17 bits per heavy atom. The maximum absolute atomic E-state index is 12.0. The van der Waals surface area contributed by atoms with Crippen molar-refractivity contribution in [2.24, 2.45) is 5.92 Å². The van der Waals surface area contributed by atoms with E-state index in [1.54, 1.807) is 30.2 Å². The molecule has 0 saturated carbocycles. The molecule has 1 heterocycles. The second kappa shape index (κ2) is 6.74. The number of carboxylic acid groups (broad SMARTS) is 1. The molecule has 0 bridgehead atoms. The lowest BCUT2D eigenvalue weighted by Gasteiger charge is -2.22. The van der Waals surface area contributed by atoms with Gasteiger partial charge in [0.15, 0.2) is 0 Å². The van der Waals surface area contributed by atoms with E-state index in [2.05, 4.69) is 4.98 Å². The predicted octanol–water partition coefficient (Wildman–Crippen LogP) is 1.19. The van der Waals surface area contributed by atoms with E-state index in [4.69, 9.17) is 5.11 Å². The first-order chi connectivity index (χ1) is 8.54. The van der Waals surface area contributed by atoms with Gasteiger partial charge in [0.2, 0.25) is 5.91 Å². The third-order valence-electron chi connectivity index (χ3n) is 2.71. The second-order valence-corrected chi connectivity index (χ2v) is 4.17. The molecule has 0 fully saturated rings. The molecular weight excluding hydrogens is 232 g/mol. The third kappa shape index (κ3) is 4.16. The van der Waals surface area contributed by atoms with Gasteiger partial charge in [-0.15, -0.1) is 0 Å². The fraction of sp³-hybridized carbons (Fsp3) is 0.462. The van der Waals surface area contributed by atoms with E-state index in [1.807, 2.05) is 13.0 Å². The van der Waals surface area contributed by atoms with Crippen molar-refractivity contribution < 1.29 is 14.7 Å². The highest BCUT2D eigenvalue weighted by atomic mass is 16.4. The first-order valence-electron chi connectivity index (χ1n) is 5.95. The number of aromatic nitrogens is 1. The molecule has 0 aliphatic heterocycles. The summed E-state index contributed by atoms with van der Waals surface area (Å²) in [5.41, 5.74) is 0.698. The molecule has 0 spiro atoms. The molecule has 5 heteroatoms. The number of carbonyl (C=O) groups is 2. The van der Waals surface area contributed by atoms with Gasteiger partial charge in [0.25, 0.3) is 0 Å². The summed E-state index contributed by atoms with van der Waals surface area (Å²) in [5.74, 6) is -1.54. The van der Waals surface area contributed by atoms with Crippen LogP contribution in [0.4, 0.5) is 0 Å².